The average molecular weight is 345 g/mol. The van der Waals surface area contributed by atoms with Crippen LogP contribution >= 0.6 is 0 Å². The van der Waals surface area contributed by atoms with E-state index in [4.69, 9.17) is 0 Å². The topological polar surface area (TPSA) is 41.4 Å². The number of hydrogen-bond acceptors (Lipinski definition) is 3. The van der Waals surface area contributed by atoms with Crippen LogP contribution in [-0.2, 0) is 11.8 Å². The van der Waals surface area contributed by atoms with Crippen LogP contribution in [0.15, 0.2) is 24.0 Å². The third-order valence-corrected chi connectivity index (χ3v) is 5.77. The summed E-state index contributed by atoms with van der Waals surface area (Å²) in [6, 6.07) is 0.353. The summed E-state index contributed by atoms with van der Waals surface area (Å²) in [5, 5.41) is 4.35. The van der Waals surface area contributed by atoms with Gasteiger partial charge in [-0.25, -0.2) is 0 Å². The molecule has 25 heavy (non-hydrogen) atoms. The monoisotopic (exact) mass is 344 g/mol. The molecule has 0 unspecified atom stereocenters. The molecule has 2 heterocycles. The first-order valence-electron chi connectivity index (χ1n) is 9.65. The molecule has 3 rings (SSSR count). The van der Waals surface area contributed by atoms with Crippen LogP contribution in [-0.4, -0.2) is 52.7 Å². The van der Waals surface area contributed by atoms with E-state index in [0.29, 0.717) is 18.4 Å². The molecule has 1 aliphatic heterocycles. The Kier molecular flexibility index (Phi) is 5.94. The van der Waals surface area contributed by atoms with Gasteiger partial charge in [0.15, 0.2) is 0 Å². The number of aryl methyl sites for hydroxylation is 1. The summed E-state index contributed by atoms with van der Waals surface area (Å²) < 4.78 is 1.87. The van der Waals surface area contributed by atoms with Crippen molar-refractivity contribution < 1.29 is 4.79 Å². The summed E-state index contributed by atoms with van der Waals surface area (Å²) in [5.74, 6) is 0.739. The molecular weight excluding hydrogens is 312 g/mol. The quantitative estimate of drug-likeness (QED) is 0.771. The zero-order valence-corrected chi connectivity index (χ0v) is 15.9. The van der Waals surface area contributed by atoms with Gasteiger partial charge in [0, 0.05) is 44.9 Å². The highest BCUT2D eigenvalue weighted by Gasteiger charge is 2.32. The van der Waals surface area contributed by atoms with Crippen LogP contribution in [0.2, 0.25) is 0 Å². The molecule has 0 bridgehead atoms. The fourth-order valence-corrected chi connectivity index (χ4v) is 4.42. The maximum Gasteiger partial charge on any atom is 0.226 e. The van der Waals surface area contributed by atoms with E-state index in [2.05, 4.69) is 29.3 Å². The first kappa shape index (κ1) is 18.2. The Morgan fingerprint density at radius 1 is 1.32 bits per heavy atom. The second-order valence-corrected chi connectivity index (χ2v) is 7.83. The van der Waals surface area contributed by atoms with E-state index in [1.165, 1.54) is 36.8 Å². The highest BCUT2D eigenvalue weighted by molar-refractivity contribution is 5.78. The van der Waals surface area contributed by atoms with Gasteiger partial charge in [0.25, 0.3) is 0 Å². The summed E-state index contributed by atoms with van der Waals surface area (Å²) in [7, 11) is 6.13. The zero-order chi connectivity index (χ0) is 17.8. The van der Waals surface area contributed by atoms with Gasteiger partial charge in [0.1, 0.15) is 0 Å². The minimum Gasteiger partial charge on any atom is -0.345 e. The smallest absolute Gasteiger partial charge is 0.226 e. The Morgan fingerprint density at radius 2 is 2.16 bits per heavy atom. The highest BCUT2D eigenvalue weighted by Crippen LogP contribution is 2.35. The zero-order valence-electron chi connectivity index (χ0n) is 15.9. The summed E-state index contributed by atoms with van der Waals surface area (Å²) >= 11 is 0. The molecule has 1 aromatic heterocycles. The lowest BCUT2D eigenvalue weighted by atomic mass is 9.85. The van der Waals surface area contributed by atoms with E-state index in [1.807, 2.05) is 29.9 Å². The molecule has 1 amide bonds. The number of amides is 1. The van der Waals surface area contributed by atoms with Crippen molar-refractivity contribution in [3.05, 3.63) is 29.6 Å². The predicted molar refractivity (Wildman–Crippen MR) is 100 cm³/mol. The first-order chi connectivity index (χ1) is 12.0. The van der Waals surface area contributed by atoms with E-state index in [-0.39, 0.29) is 5.91 Å². The van der Waals surface area contributed by atoms with Crippen molar-refractivity contribution >= 4 is 5.91 Å². The van der Waals surface area contributed by atoms with Crippen molar-refractivity contribution in [3.8, 4) is 0 Å². The van der Waals surface area contributed by atoms with Crippen molar-refractivity contribution in [1.29, 1.82) is 0 Å². The molecule has 0 radical (unpaired) electrons. The lowest BCUT2D eigenvalue weighted by Gasteiger charge is -2.40. The first-order valence-corrected chi connectivity index (χ1v) is 9.65. The number of allylic oxidation sites excluding steroid dienone is 1. The highest BCUT2D eigenvalue weighted by atomic mass is 16.2. The summed E-state index contributed by atoms with van der Waals surface area (Å²) in [6.07, 6.45) is 14.1. The number of hydrogen-bond donors (Lipinski definition) is 0. The number of nitrogens with zero attached hydrogens (tertiary/aromatic N) is 4. The van der Waals surface area contributed by atoms with Crippen molar-refractivity contribution in [3.63, 3.8) is 0 Å². The lowest BCUT2D eigenvalue weighted by molar-refractivity contribution is -0.130. The molecule has 5 nitrogen and oxygen atoms in total. The molecule has 1 aromatic rings. The maximum atomic E-state index is 12.7. The number of carbonyl (C=O) groups is 1. The van der Waals surface area contributed by atoms with Crippen LogP contribution in [0.1, 0.15) is 56.6 Å². The number of likely N-dealkylation sites (tertiary alicyclic amines) is 1. The summed E-state index contributed by atoms with van der Waals surface area (Å²) in [4.78, 5) is 17.1. The molecule has 0 saturated carbocycles. The van der Waals surface area contributed by atoms with Crippen LogP contribution in [0.25, 0.3) is 0 Å². The predicted octanol–water partition coefficient (Wildman–Crippen LogP) is 3.15. The SMILES string of the molecule is CN(C[C@@H]1CCCN(C)[C@H]1c1cnn(C)c1)C(=O)CC1=CCCCC1. The standard InChI is InChI=1S/C20H32N4O/c1-22-11-7-10-17(20(22)18-13-21-24(3)15-18)14-23(2)19(25)12-16-8-5-4-6-9-16/h8,13,15,17,20H,4-7,9-12,14H2,1-3H3/t17-,20+/m0/s1. The van der Waals surface area contributed by atoms with E-state index in [1.54, 1.807) is 0 Å². The number of rotatable bonds is 5. The molecule has 0 spiro atoms. The molecule has 2 aliphatic rings. The van der Waals surface area contributed by atoms with Crippen LogP contribution in [0, 0.1) is 5.92 Å². The second kappa shape index (κ2) is 8.17. The second-order valence-electron chi connectivity index (χ2n) is 7.83. The summed E-state index contributed by atoms with van der Waals surface area (Å²) in [6.45, 7) is 1.94. The van der Waals surface area contributed by atoms with Gasteiger partial charge in [-0.05, 0) is 58.0 Å². The number of carbonyl (C=O) groups excluding carboxylic acids is 1. The summed E-state index contributed by atoms with van der Waals surface area (Å²) in [5.41, 5.74) is 2.61. The Hall–Kier alpha value is -1.62. The minimum absolute atomic E-state index is 0.270. The van der Waals surface area contributed by atoms with Gasteiger partial charge in [0.05, 0.1) is 6.20 Å². The Morgan fingerprint density at radius 3 is 2.84 bits per heavy atom. The van der Waals surface area contributed by atoms with Gasteiger partial charge < -0.3 is 4.90 Å². The Labute approximate surface area is 151 Å². The molecule has 1 fully saturated rings. The third kappa shape index (κ3) is 4.51. The van der Waals surface area contributed by atoms with Crippen LogP contribution in [0.3, 0.4) is 0 Å². The van der Waals surface area contributed by atoms with Crippen molar-refractivity contribution in [1.82, 2.24) is 19.6 Å². The number of aromatic nitrogens is 2. The van der Waals surface area contributed by atoms with E-state index < -0.39 is 0 Å². The normalized spacial score (nSPS) is 24.8. The molecule has 5 heteroatoms. The van der Waals surface area contributed by atoms with Gasteiger partial charge in [-0.3, -0.25) is 14.4 Å². The molecular formula is C20H32N4O. The molecule has 1 saturated heterocycles. The van der Waals surface area contributed by atoms with Gasteiger partial charge in [-0.1, -0.05) is 11.6 Å². The van der Waals surface area contributed by atoms with Crippen LogP contribution in [0.5, 0.6) is 0 Å². The average Bonchev–Trinajstić information content (AvgIpc) is 3.01. The van der Waals surface area contributed by atoms with Crippen molar-refractivity contribution in [2.45, 2.75) is 51.0 Å². The maximum absolute atomic E-state index is 12.7. The fourth-order valence-electron chi connectivity index (χ4n) is 4.42. The molecule has 1 aliphatic carbocycles. The van der Waals surface area contributed by atoms with E-state index in [0.717, 1.165) is 25.9 Å². The fraction of sp³-hybridized carbons (Fsp3) is 0.700. The van der Waals surface area contributed by atoms with Crippen molar-refractivity contribution in [2.75, 3.05) is 27.2 Å². The van der Waals surface area contributed by atoms with E-state index >= 15 is 0 Å². The Balaban J connectivity index is 1.64. The molecule has 2 atom stereocenters. The third-order valence-electron chi connectivity index (χ3n) is 5.77. The van der Waals surface area contributed by atoms with Gasteiger partial charge in [0.2, 0.25) is 5.91 Å². The van der Waals surface area contributed by atoms with E-state index in [9.17, 15) is 4.79 Å². The lowest BCUT2D eigenvalue weighted by Crippen LogP contribution is -2.42. The van der Waals surface area contributed by atoms with Crippen LogP contribution < -0.4 is 0 Å². The Bertz CT molecular complexity index is 621. The largest absolute Gasteiger partial charge is 0.345 e. The molecule has 0 aromatic carbocycles. The number of piperidine rings is 1. The van der Waals surface area contributed by atoms with Gasteiger partial charge in [-0.2, -0.15) is 5.10 Å². The molecule has 0 N–H and O–H groups in total. The van der Waals surface area contributed by atoms with Crippen LogP contribution in [0.4, 0.5) is 0 Å². The molecule has 138 valence electrons. The van der Waals surface area contributed by atoms with Gasteiger partial charge in [-0.15, -0.1) is 0 Å². The van der Waals surface area contributed by atoms with Gasteiger partial charge >= 0.3 is 0 Å². The minimum atomic E-state index is 0.270. The van der Waals surface area contributed by atoms with Crippen molar-refractivity contribution in [2.24, 2.45) is 13.0 Å².